The van der Waals surface area contributed by atoms with E-state index in [1.54, 1.807) is 0 Å². The lowest BCUT2D eigenvalue weighted by molar-refractivity contribution is 0.00158. The van der Waals surface area contributed by atoms with Gasteiger partial charge < -0.3 is 10.0 Å². The Kier molecular flexibility index (Phi) is 2.67. The monoisotopic (exact) mass is 195 g/mol. The van der Waals surface area contributed by atoms with Crippen molar-refractivity contribution < 1.29 is 5.11 Å². The molecule has 2 saturated heterocycles. The van der Waals surface area contributed by atoms with E-state index in [1.165, 1.54) is 25.0 Å². The molecule has 2 heteroatoms. The predicted molar refractivity (Wildman–Crippen MR) is 58.2 cm³/mol. The number of hydrogen-bond acceptors (Lipinski definition) is 2. The average Bonchev–Trinajstić information content (AvgIpc) is 2.48. The smallest absolute Gasteiger partial charge is 0.0857 e. The molecule has 2 fully saturated rings. The van der Waals surface area contributed by atoms with Crippen molar-refractivity contribution in [2.24, 2.45) is 0 Å². The van der Waals surface area contributed by atoms with Crippen molar-refractivity contribution in [2.45, 2.75) is 51.2 Å². The zero-order valence-electron chi connectivity index (χ0n) is 9.29. The summed E-state index contributed by atoms with van der Waals surface area (Å²) in [6, 6.07) is 0.643. The third-order valence-electron chi connectivity index (χ3n) is 3.48. The van der Waals surface area contributed by atoms with E-state index < -0.39 is 5.60 Å². The van der Waals surface area contributed by atoms with Gasteiger partial charge in [0, 0.05) is 12.6 Å². The Labute approximate surface area is 86.6 Å². The molecule has 2 aliphatic rings. The molecule has 0 spiro atoms. The summed E-state index contributed by atoms with van der Waals surface area (Å²) >= 11 is 0. The third kappa shape index (κ3) is 2.01. The van der Waals surface area contributed by atoms with E-state index in [0.29, 0.717) is 6.04 Å². The van der Waals surface area contributed by atoms with E-state index in [4.69, 9.17) is 0 Å². The Bertz CT molecular complexity index is 245. The van der Waals surface area contributed by atoms with E-state index in [2.05, 4.69) is 24.8 Å². The van der Waals surface area contributed by atoms with Gasteiger partial charge in [-0.15, -0.1) is 0 Å². The fourth-order valence-electron chi connectivity index (χ4n) is 2.94. The summed E-state index contributed by atoms with van der Waals surface area (Å²) in [4.78, 5) is 2.54. The largest absolute Gasteiger partial charge is 0.386 e. The van der Waals surface area contributed by atoms with E-state index in [1.807, 2.05) is 0 Å². The number of aliphatic hydroxyl groups is 1. The van der Waals surface area contributed by atoms with Crippen LogP contribution in [0.4, 0.5) is 0 Å². The third-order valence-corrected chi connectivity index (χ3v) is 3.48. The fraction of sp³-hybridized carbons (Fsp3) is 0.833. The summed E-state index contributed by atoms with van der Waals surface area (Å²) in [6.45, 7) is 6.46. The van der Waals surface area contributed by atoms with Gasteiger partial charge >= 0.3 is 0 Å². The number of hydrogen-bond donors (Lipinski definition) is 1. The first kappa shape index (κ1) is 10.2. The lowest BCUT2D eigenvalue weighted by atomic mass is 9.85. The SMILES string of the molecule is CC(C)=CC1(O)CCN2CCCC2C1. The number of fused-ring (bicyclic) bond motifs is 1. The van der Waals surface area contributed by atoms with E-state index in [0.717, 1.165) is 19.4 Å². The van der Waals surface area contributed by atoms with Crippen molar-refractivity contribution in [3.05, 3.63) is 11.6 Å². The van der Waals surface area contributed by atoms with Gasteiger partial charge in [-0.05, 0) is 46.1 Å². The standard InChI is InChI=1S/C12H21NO/c1-10(2)8-12(14)5-7-13-6-3-4-11(13)9-12/h8,11,14H,3-7,9H2,1-2H3. The Hall–Kier alpha value is -0.340. The van der Waals surface area contributed by atoms with Gasteiger partial charge in [0.25, 0.3) is 0 Å². The molecule has 14 heavy (non-hydrogen) atoms. The van der Waals surface area contributed by atoms with Crippen LogP contribution in [0, 0.1) is 0 Å². The molecule has 2 nitrogen and oxygen atoms in total. The highest BCUT2D eigenvalue weighted by Crippen LogP contribution is 2.34. The second kappa shape index (κ2) is 3.67. The first-order valence-corrected chi connectivity index (χ1v) is 5.72. The van der Waals surface area contributed by atoms with Gasteiger partial charge in [-0.25, -0.2) is 0 Å². The Morgan fingerprint density at radius 1 is 1.43 bits per heavy atom. The van der Waals surface area contributed by atoms with Crippen molar-refractivity contribution in [2.75, 3.05) is 13.1 Å². The highest BCUT2D eigenvalue weighted by atomic mass is 16.3. The molecule has 2 unspecified atom stereocenters. The Morgan fingerprint density at radius 2 is 2.21 bits per heavy atom. The lowest BCUT2D eigenvalue weighted by Gasteiger charge is -2.39. The minimum Gasteiger partial charge on any atom is -0.386 e. The molecule has 0 amide bonds. The second-order valence-electron chi connectivity index (χ2n) is 5.11. The first-order valence-electron chi connectivity index (χ1n) is 5.72. The highest BCUT2D eigenvalue weighted by Gasteiger charge is 2.38. The van der Waals surface area contributed by atoms with Crippen LogP contribution >= 0.6 is 0 Å². The zero-order chi connectivity index (χ0) is 10.2. The topological polar surface area (TPSA) is 23.5 Å². The quantitative estimate of drug-likeness (QED) is 0.646. The fourth-order valence-corrected chi connectivity index (χ4v) is 2.94. The van der Waals surface area contributed by atoms with Crippen LogP contribution in [0.25, 0.3) is 0 Å². The minimum absolute atomic E-state index is 0.510. The van der Waals surface area contributed by atoms with Gasteiger partial charge in [-0.2, -0.15) is 0 Å². The van der Waals surface area contributed by atoms with E-state index >= 15 is 0 Å². The number of allylic oxidation sites excluding steroid dienone is 1. The molecule has 0 saturated carbocycles. The van der Waals surface area contributed by atoms with Gasteiger partial charge in [0.15, 0.2) is 0 Å². The number of piperidine rings is 1. The van der Waals surface area contributed by atoms with Crippen LogP contribution in [-0.2, 0) is 0 Å². The van der Waals surface area contributed by atoms with Crippen LogP contribution in [0.3, 0.4) is 0 Å². The Morgan fingerprint density at radius 3 is 2.93 bits per heavy atom. The maximum Gasteiger partial charge on any atom is 0.0857 e. The molecule has 2 aliphatic heterocycles. The summed E-state index contributed by atoms with van der Waals surface area (Å²) in [5.41, 5.74) is 0.726. The van der Waals surface area contributed by atoms with Crippen molar-refractivity contribution in [3.8, 4) is 0 Å². The zero-order valence-corrected chi connectivity index (χ0v) is 9.29. The molecule has 0 aromatic heterocycles. The molecule has 80 valence electrons. The predicted octanol–water partition coefficient (Wildman–Crippen LogP) is 1.94. The molecule has 0 aliphatic carbocycles. The van der Waals surface area contributed by atoms with Gasteiger partial charge in [0.05, 0.1) is 5.60 Å². The van der Waals surface area contributed by atoms with Gasteiger partial charge in [-0.1, -0.05) is 11.6 Å². The summed E-state index contributed by atoms with van der Waals surface area (Å²) in [6.07, 6.45) is 6.50. The second-order valence-corrected chi connectivity index (χ2v) is 5.11. The lowest BCUT2D eigenvalue weighted by Crippen LogP contribution is -2.46. The number of nitrogens with zero attached hydrogens (tertiary/aromatic N) is 1. The molecule has 2 atom stereocenters. The van der Waals surface area contributed by atoms with Crippen LogP contribution in [0.2, 0.25) is 0 Å². The van der Waals surface area contributed by atoms with Crippen molar-refractivity contribution in [3.63, 3.8) is 0 Å². The van der Waals surface area contributed by atoms with Crippen LogP contribution in [0.15, 0.2) is 11.6 Å². The summed E-state index contributed by atoms with van der Waals surface area (Å²) in [5, 5.41) is 10.4. The normalized spacial score (nSPS) is 38.1. The van der Waals surface area contributed by atoms with Crippen molar-refractivity contribution in [1.82, 2.24) is 4.90 Å². The molecule has 0 bridgehead atoms. The number of rotatable bonds is 1. The summed E-state index contributed by atoms with van der Waals surface area (Å²) < 4.78 is 0. The molecular weight excluding hydrogens is 174 g/mol. The van der Waals surface area contributed by atoms with Gasteiger partial charge in [0.1, 0.15) is 0 Å². The first-order chi connectivity index (χ1) is 6.59. The molecule has 2 heterocycles. The van der Waals surface area contributed by atoms with Crippen LogP contribution in [0.5, 0.6) is 0 Å². The van der Waals surface area contributed by atoms with E-state index in [9.17, 15) is 5.11 Å². The van der Waals surface area contributed by atoms with Crippen LogP contribution in [0.1, 0.15) is 39.5 Å². The maximum atomic E-state index is 10.4. The molecule has 2 rings (SSSR count). The van der Waals surface area contributed by atoms with Gasteiger partial charge in [-0.3, -0.25) is 0 Å². The molecule has 0 aromatic rings. The van der Waals surface area contributed by atoms with Crippen LogP contribution in [-0.4, -0.2) is 34.7 Å². The highest BCUT2D eigenvalue weighted by molar-refractivity contribution is 5.11. The maximum absolute atomic E-state index is 10.4. The van der Waals surface area contributed by atoms with Crippen molar-refractivity contribution in [1.29, 1.82) is 0 Å². The average molecular weight is 195 g/mol. The summed E-state index contributed by atoms with van der Waals surface area (Å²) in [7, 11) is 0. The van der Waals surface area contributed by atoms with Crippen molar-refractivity contribution >= 4 is 0 Å². The van der Waals surface area contributed by atoms with E-state index in [-0.39, 0.29) is 0 Å². The minimum atomic E-state index is -0.510. The summed E-state index contributed by atoms with van der Waals surface area (Å²) in [5.74, 6) is 0. The molecular formula is C12H21NO. The molecule has 1 N–H and O–H groups in total. The van der Waals surface area contributed by atoms with Crippen LogP contribution < -0.4 is 0 Å². The molecule has 0 radical (unpaired) electrons. The van der Waals surface area contributed by atoms with Gasteiger partial charge in [0.2, 0.25) is 0 Å². The molecule has 0 aromatic carbocycles. The Balaban J connectivity index is 2.06.